The number of nitrogens with two attached hydrogens (primary N) is 4. The Balaban J connectivity index is 3.04. The first kappa shape index (κ1) is 17.6. The number of nitrogens with zero attached hydrogens (tertiary/aromatic N) is 2. The molecule has 0 amide bonds. The maximum absolute atomic E-state index is 6.12. The van der Waals surface area contributed by atoms with Gasteiger partial charge in [0.25, 0.3) is 0 Å². The number of hydrogen-bond donors (Lipinski definition) is 4. The molecular weight excluding hydrogens is 276 g/mol. The van der Waals surface area contributed by atoms with Crippen molar-refractivity contribution in [3.63, 3.8) is 0 Å². The molecule has 22 heavy (non-hydrogen) atoms. The van der Waals surface area contributed by atoms with E-state index >= 15 is 0 Å². The summed E-state index contributed by atoms with van der Waals surface area (Å²) in [6.07, 6.45) is 10.0. The van der Waals surface area contributed by atoms with Crippen molar-refractivity contribution in [3.05, 3.63) is 59.1 Å². The zero-order valence-electron chi connectivity index (χ0n) is 13.3. The number of aliphatic imine (C=N–C) groups is 1. The summed E-state index contributed by atoms with van der Waals surface area (Å²) in [5, 5.41) is 1.57. The minimum atomic E-state index is 0.282. The monoisotopic (exact) mass is 302 g/mol. The fourth-order valence-electron chi connectivity index (χ4n) is 2.07. The van der Waals surface area contributed by atoms with E-state index < -0.39 is 0 Å². The van der Waals surface area contributed by atoms with Crippen LogP contribution < -0.4 is 23.0 Å². The van der Waals surface area contributed by atoms with Crippen molar-refractivity contribution in [2.75, 3.05) is 13.6 Å². The maximum Gasteiger partial charge on any atom is 0.127 e. The van der Waals surface area contributed by atoms with Gasteiger partial charge in [-0.15, -0.1) is 0 Å². The second-order valence-corrected chi connectivity index (χ2v) is 5.03. The van der Waals surface area contributed by atoms with Gasteiger partial charge in [0, 0.05) is 12.6 Å². The molecule has 1 aliphatic carbocycles. The average molecular weight is 302 g/mol. The molecule has 0 saturated carbocycles. The first-order valence-electron chi connectivity index (χ1n) is 7.11. The molecule has 0 aromatic carbocycles. The fourth-order valence-corrected chi connectivity index (χ4v) is 2.07. The van der Waals surface area contributed by atoms with Crippen LogP contribution >= 0.6 is 0 Å². The highest BCUT2D eigenvalue weighted by Gasteiger charge is 2.13. The molecule has 0 aromatic heterocycles. The highest BCUT2D eigenvalue weighted by Crippen LogP contribution is 2.15. The lowest BCUT2D eigenvalue weighted by Gasteiger charge is -2.23. The molecule has 1 rings (SSSR count). The van der Waals surface area contributed by atoms with Crippen molar-refractivity contribution in [1.82, 2.24) is 5.01 Å². The molecule has 0 spiro atoms. The molecule has 6 nitrogen and oxygen atoms in total. The zero-order chi connectivity index (χ0) is 16.7. The molecule has 0 unspecified atom stereocenters. The van der Waals surface area contributed by atoms with Gasteiger partial charge in [0.1, 0.15) is 5.84 Å². The van der Waals surface area contributed by atoms with Gasteiger partial charge < -0.3 is 22.2 Å². The highest BCUT2D eigenvalue weighted by atomic mass is 15.4. The molecule has 0 radical (unpaired) electrons. The lowest BCUT2D eigenvalue weighted by atomic mass is 10.1. The standard InChI is InChI=1S/C16H26N6/c1-4-13(16(19)21-3)15(18)14(17)11(2)22(20)10-12-8-6-5-7-9-12/h4,6,8-9H,1,5,7,10,17-18,20H2,2-3H3,(H2,19,21)/b14-11-,15-13?. The summed E-state index contributed by atoms with van der Waals surface area (Å²) in [6.45, 7) is 6.07. The summed E-state index contributed by atoms with van der Waals surface area (Å²) in [5.41, 5.74) is 21.0. The Hall–Kier alpha value is -2.47. The lowest BCUT2D eigenvalue weighted by Crippen LogP contribution is -2.34. The second kappa shape index (κ2) is 8.09. The third-order valence-corrected chi connectivity index (χ3v) is 3.55. The highest BCUT2D eigenvalue weighted by molar-refractivity contribution is 6.00. The second-order valence-electron chi connectivity index (χ2n) is 5.03. The summed E-state index contributed by atoms with van der Waals surface area (Å²) in [4.78, 5) is 3.90. The summed E-state index contributed by atoms with van der Waals surface area (Å²) >= 11 is 0. The largest absolute Gasteiger partial charge is 0.396 e. The Bertz CT molecular complexity index is 577. The van der Waals surface area contributed by atoms with Gasteiger partial charge in [-0.3, -0.25) is 4.99 Å². The van der Waals surface area contributed by atoms with E-state index in [1.807, 2.05) is 6.92 Å². The number of amidine groups is 1. The predicted molar refractivity (Wildman–Crippen MR) is 93.2 cm³/mol. The number of rotatable bonds is 6. The van der Waals surface area contributed by atoms with Crippen LogP contribution in [0.3, 0.4) is 0 Å². The third kappa shape index (κ3) is 4.26. The lowest BCUT2D eigenvalue weighted by molar-refractivity contribution is 0.388. The molecule has 1 aliphatic rings. The summed E-state index contributed by atoms with van der Waals surface area (Å²) < 4.78 is 0. The number of hydrogen-bond acceptors (Lipinski definition) is 5. The summed E-state index contributed by atoms with van der Waals surface area (Å²) in [6, 6.07) is 0. The Morgan fingerprint density at radius 3 is 2.50 bits per heavy atom. The Morgan fingerprint density at radius 1 is 1.32 bits per heavy atom. The van der Waals surface area contributed by atoms with E-state index in [1.54, 1.807) is 12.1 Å². The first-order valence-corrected chi connectivity index (χ1v) is 7.11. The van der Waals surface area contributed by atoms with Crippen molar-refractivity contribution in [3.8, 4) is 0 Å². The van der Waals surface area contributed by atoms with Gasteiger partial charge in [-0.2, -0.15) is 0 Å². The zero-order valence-corrected chi connectivity index (χ0v) is 13.3. The van der Waals surface area contributed by atoms with Crippen LogP contribution in [0.2, 0.25) is 0 Å². The van der Waals surface area contributed by atoms with Gasteiger partial charge >= 0.3 is 0 Å². The van der Waals surface area contributed by atoms with E-state index in [1.165, 1.54) is 6.08 Å². The SMILES string of the molecule is C=CC(C(N)=NC)=C(N)/C(N)=C(\C)N(N)CC1=CCCC=C1. The average Bonchev–Trinajstić information content (AvgIpc) is 2.54. The van der Waals surface area contributed by atoms with Crippen LogP contribution in [0.15, 0.2) is 64.1 Å². The van der Waals surface area contributed by atoms with E-state index in [0.29, 0.717) is 29.2 Å². The van der Waals surface area contributed by atoms with Crippen LogP contribution in [0.1, 0.15) is 19.8 Å². The van der Waals surface area contributed by atoms with Crippen LogP contribution in [0, 0.1) is 0 Å². The van der Waals surface area contributed by atoms with Crippen molar-refractivity contribution in [2.24, 2.45) is 28.0 Å². The van der Waals surface area contributed by atoms with Crippen molar-refractivity contribution in [2.45, 2.75) is 19.8 Å². The van der Waals surface area contributed by atoms with Gasteiger partial charge in [-0.05, 0) is 25.3 Å². The van der Waals surface area contributed by atoms with Crippen LogP contribution in [0.5, 0.6) is 0 Å². The Labute approximate surface area is 132 Å². The predicted octanol–water partition coefficient (Wildman–Crippen LogP) is 1.01. The minimum Gasteiger partial charge on any atom is -0.396 e. The van der Waals surface area contributed by atoms with Gasteiger partial charge in [0.05, 0.1) is 23.6 Å². The Kier molecular flexibility index (Phi) is 6.47. The first-order chi connectivity index (χ1) is 10.4. The molecule has 0 heterocycles. The molecule has 0 fully saturated rings. The van der Waals surface area contributed by atoms with Crippen molar-refractivity contribution < 1.29 is 0 Å². The van der Waals surface area contributed by atoms with E-state index in [4.69, 9.17) is 23.0 Å². The topological polar surface area (TPSA) is 120 Å². The van der Waals surface area contributed by atoms with Gasteiger partial charge in [-0.1, -0.05) is 30.9 Å². The molecular formula is C16H26N6. The van der Waals surface area contributed by atoms with Crippen LogP contribution in [0.25, 0.3) is 0 Å². The normalized spacial score (nSPS) is 17.4. The van der Waals surface area contributed by atoms with E-state index in [0.717, 1.165) is 18.4 Å². The van der Waals surface area contributed by atoms with Gasteiger partial charge in [0.2, 0.25) is 0 Å². The van der Waals surface area contributed by atoms with Crippen LogP contribution in [-0.4, -0.2) is 24.4 Å². The molecule has 0 bridgehead atoms. The molecule has 6 heteroatoms. The smallest absolute Gasteiger partial charge is 0.127 e. The number of allylic oxidation sites excluding steroid dienone is 3. The minimum absolute atomic E-state index is 0.282. The molecule has 0 aromatic rings. The summed E-state index contributed by atoms with van der Waals surface area (Å²) in [7, 11) is 1.58. The van der Waals surface area contributed by atoms with E-state index in [-0.39, 0.29) is 5.84 Å². The maximum atomic E-state index is 6.12. The van der Waals surface area contributed by atoms with Crippen LogP contribution in [-0.2, 0) is 0 Å². The third-order valence-electron chi connectivity index (χ3n) is 3.55. The number of hydrazine groups is 1. The summed E-state index contributed by atoms with van der Waals surface area (Å²) in [5.74, 6) is 6.37. The molecule has 8 N–H and O–H groups in total. The Morgan fingerprint density at radius 2 is 2.00 bits per heavy atom. The van der Waals surface area contributed by atoms with Gasteiger partial charge in [0.15, 0.2) is 0 Å². The van der Waals surface area contributed by atoms with E-state index in [9.17, 15) is 0 Å². The van der Waals surface area contributed by atoms with Crippen LogP contribution in [0.4, 0.5) is 0 Å². The molecule has 0 saturated heterocycles. The molecule has 0 aliphatic heterocycles. The van der Waals surface area contributed by atoms with Crippen molar-refractivity contribution in [1.29, 1.82) is 0 Å². The molecule has 0 atom stereocenters. The fraction of sp³-hybridized carbons (Fsp3) is 0.312. The quantitative estimate of drug-likeness (QED) is 0.192. The molecule has 120 valence electrons. The van der Waals surface area contributed by atoms with E-state index in [2.05, 4.69) is 29.8 Å². The van der Waals surface area contributed by atoms with Gasteiger partial charge in [-0.25, -0.2) is 5.84 Å². The van der Waals surface area contributed by atoms with Crippen molar-refractivity contribution >= 4 is 5.84 Å².